The number of aliphatic imine (C=N–C) groups is 1. The Labute approximate surface area is 94.7 Å². The second kappa shape index (κ2) is 3.25. The Morgan fingerprint density at radius 1 is 1.35 bits per heavy atom. The van der Waals surface area contributed by atoms with Gasteiger partial charge in [-0.1, -0.05) is 0 Å². The van der Waals surface area contributed by atoms with Gasteiger partial charge in [0.1, 0.15) is 22.8 Å². The predicted octanol–water partition coefficient (Wildman–Crippen LogP) is 3.04. The number of furan rings is 1. The standard InChI is InChI=1S/C12H7F2NO2/c13-8-5-9(14)10(11-7(8)1-4-17-11)12(2-3-12)15-6-16/h1,4-5H,2-3H2. The molecule has 0 bridgehead atoms. The van der Waals surface area contributed by atoms with Crippen LogP contribution in [0.1, 0.15) is 18.4 Å². The number of carbonyl (C=O) groups excluding carboxylic acids is 1. The van der Waals surface area contributed by atoms with Crippen molar-refractivity contribution in [3.8, 4) is 0 Å². The van der Waals surface area contributed by atoms with Gasteiger partial charge in [-0.15, -0.1) is 0 Å². The molecule has 1 aromatic heterocycles. The Hall–Kier alpha value is -2.00. The van der Waals surface area contributed by atoms with Crippen molar-refractivity contribution in [3.05, 3.63) is 35.6 Å². The van der Waals surface area contributed by atoms with Crippen LogP contribution in [0.3, 0.4) is 0 Å². The molecule has 1 fully saturated rings. The lowest BCUT2D eigenvalue weighted by Crippen LogP contribution is -2.07. The monoisotopic (exact) mass is 235 g/mol. The van der Waals surface area contributed by atoms with Crippen molar-refractivity contribution in [2.75, 3.05) is 0 Å². The van der Waals surface area contributed by atoms with Gasteiger partial charge in [-0.25, -0.2) is 13.6 Å². The number of rotatable bonds is 2. The summed E-state index contributed by atoms with van der Waals surface area (Å²) in [5.74, 6) is -1.41. The maximum atomic E-state index is 13.8. The molecule has 0 spiro atoms. The third-order valence-electron chi connectivity index (χ3n) is 3.09. The first-order chi connectivity index (χ1) is 8.18. The summed E-state index contributed by atoms with van der Waals surface area (Å²) in [5, 5.41) is 0.203. The molecule has 0 aliphatic heterocycles. The van der Waals surface area contributed by atoms with E-state index in [1.165, 1.54) is 18.4 Å². The zero-order valence-electron chi connectivity index (χ0n) is 8.67. The molecule has 0 saturated heterocycles. The van der Waals surface area contributed by atoms with Crippen molar-refractivity contribution < 1.29 is 18.0 Å². The van der Waals surface area contributed by atoms with E-state index in [9.17, 15) is 13.6 Å². The Morgan fingerprint density at radius 3 is 2.76 bits per heavy atom. The molecular weight excluding hydrogens is 228 g/mol. The third kappa shape index (κ3) is 1.33. The minimum atomic E-state index is -0.907. The average molecular weight is 235 g/mol. The van der Waals surface area contributed by atoms with Gasteiger partial charge in [0.05, 0.1) is 17.2 Å². The summed E-state index contributed by atoms with van der Waals surface area (Å²) in [6, 6.07) is 2.22. The van der Waals surface area contributed by atoms with Crippen LogP contribution in [0.5, 0.6) is 0 Å². The van der Waals surface area contributed by atoms with Gasteiger partial charge in [0, 0.05) is 6.07 Å². The van der Waals surface area contributed by atoms with Gasteiger partial charge in [-0.3, -0.25) is 0 Å². The molecule has 0 atom stereocenters. The number of isocyanates is 1. The van der Waals surface area contributed by atoms with Crippen molar-refractivity contribution >= 4 is 17.0 Å². The van der Waals surface area contributed by atoms with E-state index in [4.69, 9.17) is 4.42 Å². The molecule has 0 unspecified atom stereocenters. The first-order valence-electron chi connectivity index (χ1n) is 5.13. The molecule has 1 heterocycles. The summed E-state index contributed by atoms with van der Waals surface area (Å²) >= 11 is 0. The molecule has 5 heteroatoms. The molecule has 86 valence electrons. The van der Waals surface area contributed by atoms with E-state index < -0.39 is 17.2 Å². The zero-order valence-corrected chi connectivity index (χ0v) is 8.67. The summed E-state index contributed by atoms with van der Waals surface area (Å²) in [5.41, 5.74) is -0.628. The molecule has 1 aliphatic carbocycles. The first-order valence-corrected chi connectivity index (χ1v) is 5.13. The molecule has 1 saturated carbocycles. The van der Waals surface area contributed by atoms with E-state index in [-0.39, 0.29) is 16.5 Å². The number of nitrogens with zero attached hydrogens (tertiary/aromatic N) is 1. The Balaban J connectivity index is 2.36. The van der Waals surface area contributed by atoms with Crippen LogP contribution < -0.4 is 0 Å². The molecule has 3 nitrogen and oxygen atoms in total. The lowest BCUT2D eigenvalue weighted by atomic mass is 10.0. The molecular formula is C12H7F2NO2. The van der Waals surface area contributed by atoms with E-state index in [1.807, 2.05) is 0 Å². The van der Waals surface area contributed by atoms with Gasteiger partial charge in [0.2, 0.25) is 6.08 Å². The highest BCUT2D eigenvalue weighted by molar-refractivity contribution is 5.83. The second-order valence-corrected chi connectivity index (χ2v) is 4.11. The molecule has 1 aromatic carbocycles. The summed E-state index contributed by atoms with van der Waals surface area (Å²) in [7, 11) is 0. The van der Waals surface area contributed by atoms with Crippen LogP contribution >= 0.6 is 0 Å². The Morgan fingerprint density at radius 2 is 2.12 bits per heavy atom. The second-order valence-electron chi connectivity index (χ2n) is 4.11. The molecule has 17 heavy (non-hydrogen) atoms. The van der Waals surface area contributed by atoms with Gasteiger partial charge in [0.25, 0.3) is 0 Å². The summed E-state index contributed by atoms with van der Waals surface area (Å²) in [4.78, 5) is 14.0. The fourth-order valence-electron chi connectivity index (χ4n) is 2.12. The fraction of sp³-hybridized carbons (Fsp3) is 0.250. The molecule has 1 aliphatic rings. The highest BCUT2D eigenvalue weighted by Gasteiger charge is 2.49. The predicted molar refractivity (Wildman–Crippen MR) is 55.2 cm³/mol. The number of hydrogen-bond donors (Lipinski definition) is 0. The van der Waals surface area contributed by atoms with Crippen molar-refractivity contribution in [2.45, 2.75) is 18.4 Å². The van der Waals surface area contributed by atoms with E-state index in [0.29, 0.717) is 12.8 Å². The molecule has 2 aromatic rings. The summed E-state index contributed by atoms with van der Waals surface area (Å²) < 4.78 is 32.4. The van der Waals surface area contributed by atoms with Crippen LogP contribution in [0.15, 0.2) is 27.8 Å². The highest BCUT2D eigenvalue weighted by atomic mass is 19.1. The van der Waals surface area contributed by atoms with Crippen LogP contribution in [0.25, 0.3) is 11.0 Å². The van der Waals surface area contributed by atoms with Crippen LogP contribution in [-0.2, 0) is 10.3 Å². The SMILES string of the molecule is O=C=NC1(c2c(F)cc(F)c3ccoc23)CC1. The molecule has 3 rings (SSSR count). The summed E-state index contributed by atoms with van der Waals surface area (Å²) in [6.45, 7) is 0. The van der Waals surface area contributed by atoms with Crippen LogP contribution in [-0.4, -0.2) is 6.08 Å². The lowest BCUT2D eigenvalue weighted by Gasteiger charge is -2.10. The summed E-state index contributed by atoms with van der Waals surface area (Å²) in [6.07, 6.45) is 3.81. The number of benzene rings is 1. The van der Waals surface area contributed by atoms with Gasteiger partial charge in [0.15, 0.2) is 0 Å². The van der Waals surface area contributed by atoms with Crippen LogP contribution in [0.4, 0.5) is 8.78 Å². The van der Waals surface area contributed by atoms with Crippen molar-refractivity contribution in [2.24, 2.45) is 4.99 Å². The average Bonchev–Trinajstić information content (AvgIpc) is 2.88. The van der Waals surface area contributed by atoms with Crippen LogP contribution in [0.2, 0.25) is 0 Å². The van der Waals surface area contributed by atoms with Gasteiger partial charge >= 0.3 is 0 Å². The molecule has 0 radical (unpaired) electrons. The van der Waals surface area contributed by atoms with Gasteiger partial charge in [-0.05, 0) is 18.9 Å². The molecule has 0 amide bonds. The molecule has 0 N–H and O–H groups in total. The largest absolute Gasteiger partial charge is 0.464 e. The topological polar surface area (TPSA) is 42.6 Å². The first kappa shape index (κ1) is 10.2. The third-order valence-corrected chi connectivity index (χ3v) is 3.09. The zero-order chi connectivity index (χ0) is 12.0. The van der Waals surface area contributed by atoms with Crippen molar-refractivity contribution in [1.29, 1.82) is 0 Å². The smallest absolute Gasteiger partial charge is 0.235 e. The highest BCUT2D eigenvalue weighted by Crippen LogP contribution is 2.52. The van der Waals surface area contributed by atoms with Gasteiger partial charge < -0.3 is 4.42 Å². The quantitative estimate of drug-likeness (QED) is 0.593. The van der Waals surface area contributed by atoms with Crippen molar-refractivity contribution in [3.63, 3.8) is 0 Å². The lowest BCUT2D eigenvalue weighted by molar-refractivity contribution is 0.532. The Bertz CT molecular complexity index is 652. The van der Waals surface area contributed by atoms with Crippen molar-refractivity contribution in [1.82, 2.24) is 0 Å². The number of hydrogen-bond acceptors (Lipinski definition) is 3. The minimum absolute atomic E-state index is 0.124. The maximum Gasteiger partial charge on any atom is 0.235 e. The van der Waals surface area contributed by atoms with E-state index in [0.717, 1.165) is 6.07 Å². The van der Waals surface area contributed by atoms with E-state index >= 15 is 0 Å². The van der Waals surface area contributed by atoms with E-state index in [2.05, 4.69) is 4.99 Å². The normalized spacial score (nSPS) is 16.8. The number of halogens is 2. The number of fused-ring (bicyclic) bond motifs is 1. The maximum absolute atomic E-state index is 13.8. The van der Waals surface area contributed by atoms with Crippen LogP contribution in [0, 0.1) is 11.6 Å². The Kier molecular flexibility index (Phi) is 1.94. The fourth-order valence-corrected chi connectivity index (χ4v) is 2.12. The van der Waals surface area contributed by atoms with Gasteiger partial charge in [-0.2, -0.15) is 4.99 Å². The van der Waals surface area contributed by atoms with E-state index in [1.54, 1.807) is 0 Å². The minimum Gasteiger partial charge on any atom is -0.464 e.